The molecule has 0 aliphatic heterocycles. The van der Waals surface area contributed by atoms with Crippen molar-refractivity contribution in [2.45, 2.75) is 56.1 Å². The smallest absolute Gasteiger partial charge is 0.418 e. The van der Waals surface area contributed by atoms with Crippen molar-refractivity contribution in [3.8, 4) is 11.5 Å². The normalized spacial score (nSPS) is 18.8. The summed E-state index contributed by atoms with van der Waals surface area (Å²) in [7, 11) is -3.36. The van der Waals surface area contributed by atoms with E-state index in [9.17, 15) is 39.2 Å². The second kappa shape index (κ2) is 9.13. The van der Waals surface area contributed by atoms with Gasteiger partial charge in [-0.15, -0.1) is 0 Å². The lowest BCUT2D eigenvalue weighted by atomic mass is 9.83. The highest BCUT2D eigenvalue weighted by atomic mass is 32.2. The minimum absolute atomic E-state index is 0.0430. The SMILES string of the molecule is COc1cc(OC(F)F)c(C)nc1NS(=O)(=O)c1c[nH]c2c1CC[C@](OC(F)F)(C(F)(F)F)C2. The van der Waals surface area contributed by atoms with Crippen LogP contribution < -0.4 is 14.2 Å². The Balaban J connectivity index is 1.94. The maximum absolute atomic E-state index is 13.5. The van der Waals surface area contributed by atoms with Gasteiger partial charge in [0.2, 0.25) is 0 Å². The van der Waals surface area contributed by atoms with E-state index in [-0.39, 0.29) is 28.5 Å². The fraction of sp³-hybridized carbons (Fsp3) is 0.500. The van der Waals surface area contributed by atoms with Gasteiger partial charge in [-0.3, -0.25) is 4.72 Å². The second-order valence-corrected chi connectivity index (χ2v) is 8.91. The van der Waals surface area contributed by atoms with Crippen LogP contribution in [-0.2, 0) is 27.6 Å². The molecule has 0 aromatic carbocycles. The number of sulfonamides is 1. The summed E-state index contributed by atoms with van der Waals surface area (Å²) in [5.74, 6) is -1.02. The molecular weight excluding hydrogens is 503 g/mol. The van der Waals surface area contributed by atoms with E-state index in [2.05, 4.69) is 24.2 Å². The molecule has 0 fully saturated rings. The summed E-state index contributed by atoms with van der Waals surface area (Å²) in [6, 6.07) is 0.984. The number of rotatable bonds is 8. The molecule has 0 amide bonds. The molecule has 8 nitrogen and oxygen atoms in total. The maximum Gasteiger partial charge on any atom is 0.418 e. The van der Waals surface area contributed by atoms with E-state index in [4.69, 9.17) is 4.74 Å². The molecule has 1 aliphatic rings. The molecule has 3 rings (SSSR count). The molecule has 2 N–H and O–H groups in total. The number of hydrogen-bond donors (Lipinski definition) is 2. The van der Waals surface area contributed by atoms with Crippen LogP contribution in [0.4, 0.5) is 36.6 Å². The average Bonchev–Trinajstić information content (AvgIpc) is 3.12. The molecule has 1 atom stereocenters. The maximum atomic E-state index is 13.5. The summed E-state index contributed by atoms with van der Waals surface area (Å²) >= 11 is 0. The number of anilines is 1. The fourth-order valence-corrected chi connectivity index (χ4v) is 4.90. The van der Waals surface area contributed by atoms with Crippen molar-refractivity contribution < 1.29 is 53.4 Å². The number of nitrogens with zero attached hydrogens (tertiary/aromatic N) is 1. The largest absolute Gasteiger partial charge is 0.493 e. The third-order valence-corrected chi connectivity index (χ3v) is 6.61. The van der Waals surface area contributed by atoms with Crippen LogP contribution in [0.3, 0.4) is 0 Å². The number of fused-ring (bicyclic) bond motifs is 1. The van der Waals surface area contributed by atoms with Crippen LogP contribution in [0.15, 0.2) is 17.2 Å². The number of methoxy groups -OCH3 is 1. The lowest BCUT2D eigenvalue weighted by Gasteiger charge is -2.38. The average molecular weight is 521 g/mol. The Morgan fingerprint density at radius 1 is 1.18 bits per heavy atom. The molecule has 0 unspecified atom stereocenters. The van der Waals surface area contributed by atoms with E-state index in [1.54, 1.807) is 0 Å². The monoisotopic (exact) mass is 521 g/mol. The van der Waals surface area contributed by atoms with Crippen LogP contribution in [0.25, 0.3) is 0 Å². The van der Waals surface area contributed by atoms with Crippen molar-refractivity contribution >= 4 is 15.8 Å². The first kappa shape index (κ1) is 25.9. The van der Waals surface area contributed by atoms with E-state index in [0.717, 1.165) is 19.4 Å². The van der Waals surface area contributed by atoms with E-state index in [1.165, 1.54) is 6.92 Å². The molecule has 16 heteroatoms. The van der Waals surface area contributed by atoms with Gasteiger partial charge >= 0.3 is 19.4 Å². The Kier molecular flexibility index (Phi) is 6.94. The summed E-state index contributed by atoms with van der Waals surface area (Å²) in [5.41, 5.74) is -3.57. The number of alkyl halides is 7. The lowest BCUT2D eigenvalue weighted by molar-refractivity contribution is -0.330. The first-order chi connectivity index (χ1) is 15.7. The third-order valence-electron chi connectivity index (χ3n) is 5.20. The first-order valence-corrected chi connectivity index (χ1v) is 10.9. The van der Waals surface area contributed by atoms with E-state index in [0.29, 0.717) is 0 Å². The van der Waals surface area contributed by atoms with Crippen LogP contribution >= 0.6 is 0 Å². The molecule has 0 saturated carbocycles. The molecule has 0 bridgehead atoms. The van der Waals surface area contributed by atoms with Crippen LogP contribution in [0, 0.1) is 6.92 Å². The van der Waals surface area contributed by atoms with Gasteiger partial charge in [0.25, 0.3) is 10.0 Å². The Hall–Kier alpha value is -2.75. The van der Waals surface area contributed by atoms with Crippen LogP contribution in [-0.4, -0.2) is 50.5 Å². The number of aromatic amines is 1. The summed E-state index contributed by atoms with van der Waals surface area (Å²) in [6.07, 6.45) is -6.75. The molecule has 0 radical (unpaired) electrons. The highest BCUT2D eigenvalue weighted by Crippen LogP contribution is 2.45. The van der Waals surface area contributed by atoms with Gasteiger partial charge in [-0.2, -0.15) is 30.7 Å². The number of nitrogens with one attached hydrogen (secondary N) is 2. The molecule has 190 valence electrons. The van der Waals surface area contributed by atoms with Gasteiger partial charge in [-0.05, 0) is 25.3 Å². The first-order valence-electron chi connectivity index (χ1n) is 9.44. The number of ether oxygens (including phenoxy) is 3. The molecule has 2 aromatic heterocycles. The predicted molar refractivity (Wildman–Crippen MR) is 102 cm³/mol. The van der Waals surface area contributed by atoms with Gasteiger partial charge in [0.15, 0.2) is 22.9 Å². The number of H-pyrrole nitrogens is 1. The Morgan fingerprint density at radius 3 is 2.41 bits per heavy atom. The topological polar surface area (TPSA) is 103 Å². The molecule has 34 heavy (non-hydrogen) atoms. The molecule has 1 aliphatic carbocycles. The van der Waals surface area contributed by atoms with Crippen molar-refractivity contribution in [1.82, 2.24) is 9.97 Å². The van der Waals surface area contributed by atoms with Crippen molar-refractivity contribution in [1.29, 1.82) is 0 Å². The highest BCUT2D eigenvalue weighted by molar-refractivity contribution is 7.92. The van der Waals surface area contributed by atoms with Gasteiger partial charge in [-0.25, -0.2) is 13.4 Å². The van der Waals surface area contributed by atoms with Crippen molar-refractivity contribution in [2.24, 2.45) is 0 Å². The fourth-order valence-electron chi connectivity index (χ4n) is 3.62. The summed E-state index contributed by atoms with van der Waals surface area (Å²) in [6.45, 7) is -5.59. The standard InChI is InChI=1S/C18H18F7N3O5S/c1-8-11(32-15(19)20)5-12(31-2)14(27-8)28-34(29,30)13-7-26-10-6-17(18(23,24)25,33-16(21)22)4-3-9(10)13/h5,7,15-16,26H,3-4,6H2,1-2H3,(H,27,28)/t17-/m1/s1. The number of aryl methyl sites for hydroxylation is 1. The lowest BCUT2D eigenvalue weighted by Crippen LogP contribution is -2.52. The van der Waals surface area contributed by atoms with Gasteiger partial charge < -0.3 is 19.2 Å². The summed E-state index contributed by atoms with van der Waals surface area (Å²) in [4.78, 5) is 5.81. The Labute approximate surface area is 188 Å². The molecule has 2 heterocycles. The highest BCUT2D eigenvalue weighted by Gasteiger charge is 2.59. The van der Waals surface area contributed by atoms with E-state index >= 15 is 0 Å². The predicted octanol–water partition coefficient (Wildman–Crippen LogP) is 4.16. The van der Waals surface area contributed by atoms with Gasteiger partial charge in [-0.1, -0.05) is 0 Å². The summed E-state index contributed by atoms with van der Waals surface area (Å²) in [5, 5.41) is 0. The van der Waals surface area contributed by atoms with Crippen molar-refractivity contribution in [3.05, 3.63) is 29.2 Å². The minimum atomic E-state index is -5.14. The number of aromatic nitrogens is 2. The van der Waals surface area contributed by atoms with Gasteiger partial charge in [0, 0.05) is 24.4 Å². The minimum Gasteiger partial charge on any atom is -0.493 e. The Morgan fingerprint density at radius 2 is 1.85 bits per heavy atom. The summed E-state index contributed by atoms with van der Waals surface area (Å²) < 4.78 is 132. The van der Waals surface area contributed by atoms with Gasteiger partial charge in [0.05, 0.1) is 12.8 Å². The number of pyridine rings is 1. The molecule has 0 saturated heterocycles. The molecule has 2 aromatic rings. The quantitative estimate of drug-likeness (QED) is 0.506. The third kappa shape index (κ3) is 5.01. The van der Waals surface area contributed by atoms with Crippen LogP contribution in [0.2, 0.25) is 0 Å². The van der Waals surface area contributed by atoms with Crippen LogP contribution in [0.5, 0.6) is 11.5 Å². The zero-order valence-electron chi connectivity index (χ0n) is 17.5. The molecule has 0 spiro atoms. The number of hydrogen-bond acceptors (Lipinski definition) is 6. The van der Waals surface area contributed by atoms with Gasteiger partial charge in [0.1, 0.15) is 4.90 Å². The zero-order valence-corrected chi connectivity index (χ0v) is 18.3. The van der Waals surface area contributed by atoms with E-state index < -0.39 is 65.0 Å². The van der Waals surface area contributed by atoms with Crippen LogP contribution in [0.1, 0.15) is 23.4 Å². The zero-order chi connectivity index (χ0) is 25.5. The van der Waals surface area contributed by atoms with Crippen molar-refractivity contribution in [3.63, 3.8) is 0 Å². The molecular formula is C18H18F7N3O5S. The second-order valence-electron chi connectivity index (χ2n) is 7.26. The van der Waals surface area contributed by atoms with E-state index in [1.807, 2.05) is 0 Å². The number of halogens is 7. The van der Waals surface area contributed by atoms with Crippen molar-refractivity contribution in [2.75, 3.05) is 11.8 Å². The Bertz CT molecular complexity index is 1150.